The molecule has 21 heavy (non-hydrogen) atoms. The van der Waals surface area contributed by atoms with Crippen molar-refractivity contribution in [2.24, 2.45) is 0 Å². The molecule has 0 bridgehead atoms. The van der Waals surface area contributed by atoms with Crippen molar-refractivity contribution in [1.29, 1.82) is 0 Å². The zero-order valence-corrected chi connectivity index (χ0v) is 14.1. The van der Waals surface area contributed by atoms with Crippen LogP contribution in [0, 0.1) is 0 Å². The Morgan fingerprint density at radius 1 is 1.48 bits per heavy atom. The van der Waals surface area contributed by atoms with Crippen LogP contribution < -0.4 is 10.1 Å². The van der Waals surface area contributed by atoms with Gasteiger partial charge in [0.2, 0.25) is 0 Å². The third-order valence-corrected chi connectivity index (χ3v) is 5.10. The van der Waals surface area contributed by atoms with Crippen LogP contribution >= 0.6 is 27.3 Å². The van der Waals surface area contributed by atoms with Gasteiger partial charge in [-0.25, -0.2) is 0 Å². The van der Waals surface area contributed by atoms with E-state index < -0.39 is 0 Å². The van der Waals surface area contributed by atoms with Crippen LogP contribution in [0.2, 0.25) is 0 Å². The van der Waals surface area contributed by atoms with Crippen LogP contribution in [0.1, 0.15) is 40.2 Å². The Balaban J connectivity index is 1.83. The molecule has 0 spiro atoms. The van der Waals surface area contributed by atoms with Crippen molar-refractivity contribution in [3.05, 3.63) is 50.1 Å². The minimum absolute atomic E-state index is 0.00514. The largest absolute Gasteiger partial charge is 0.493 e. The molecule has 0 fully saturated rings. The van der Waals surface area contributed by atoms with Crippen LogP contribution in [-0.2, 0) is 6.42 Å². The number of fused-ring (bicyclic) bond motifs is 1. The van der Waals surface area contributed by atoms with Gasteiger partial charge in [0.25, 0.3) is 5.91 Å². The van der Waals surface area contributed by atoms with Crippen LogP contribution in [0.3, 0.4) is 0 Å². The second-order valence-electron chi connectivity index (χ2n) is 4.97. The summed E-state index contributed by atoms with van der Waals surface area (Å²) in [5, 5.41) is 5.12. The van der Waals surface area contributed by atoms with Gasteiger partial charge in [-0.2, -0.15) is 0 Å². The Kier molecular flexibility index (Phi) is 4.31. The normalized spacial score (nSPS) is 17.0. The molecule has 1 amide bonds. The molecule has 2 heterocycles. The monoisotopic (exact) mass is 365 g/mol. The Hall–Kier alpha value is -1.33. The molecule has 3 rings (SSSR count). The van der Waals surface area contributed by atoms with Gasteiger partial charge < -0.3 is 10.1 Å². The molecule has 5 heteroatoms. The molecular formula is C16H16BrNO2S. The first-order chi connectivity index (χ1) is 10.2. The summed E-state index contributed by atoms with van der Waals surface area (Å²) in [7, 11) is 0. The molecule has 1 aromatic heterocycles. The number of hydrogen-bond donors (Lipinski definition) is 1. The van der Waals surface area contributed by atoms with Gasteiger partial charge in [-0.3, -0.25) is 4.79 Å². The Bertz CT molecular complexity index is 668. The number of benzene rings is 1. The summed E-state index contributed by atoms with van der Waals surface area (Å²) in [4.78, 5) is 13.3. The highest BCUT2D eigenvalue weighted by Crippen LogP contribution is 2.34. The highest BCUT2D eigenvalue weighted by Gasteiger charge is 2.24. The Labute approximate surface area is 136 Å². The van der Waals surface area contributed by atoms with Gasteiger partial charge in [0.15, 0.2) is 0 Å². The summed E-state index contributed by atoms with van der Waals surface area (Å²) in [5.74, 6) is 0.872. The highest BCUT2D eigenvalue weighted by atomic mass is 79.9. The van der Waals surface area contributed by atoms with E-state index in [1.54, 1.807) is 0 Å². The fourth-order valence-corrected chi connectivity index (χ4v) is 3.83. The molecule has 0 saturated carbocycles. The van der Waals surface area contributed by atoms with Crippen LogP contribution in [-0.4, -0.2) is 12.5 Å². The zero-order chi connectivity index (χ0) is 14.8. The summed E-state index contributed by atoms with van der Waals surface area (Å²) in [6, 6.07) is 7.95. The van der Waals surface area contributed by atoms with Gasteiger partial charge in [-0.15, -0.1) is 11.3 Å². The second-order valence-corrected chi connectivity index (χ2v) is 6.81. The van der Waals surface area contributed by atoms with E-state index in [2.05, 4.69) is 28.2 Å². The molecule has 110 valence electrons. The molecule has 1 N–H and O–H groups in total. The number of thiophene rings is 1. The quantitative estimate of drug-likeness (QED) is 0.878. The predicted octanol–water partition coefficient (Wildman–Crippen LogP) is 4.33. The number of hydrogen-bond acceptors (Lipinski definition) is 3. The first-order valence-electron chi connectivity index (χ1n) is 6.98. The third-order valence-electron chi connectivity index (χ3n) is 3.65. The molecule has 0 radical (unpaired) electrons. The van der Waals surface area contributed by atoms with E-state index in [9.17, 15) is 4.79 Å². The van der Waals surface area contributed by atoms with Gasteiger partial charge >= 0.3 is 0 Å². The van der Waals surface area contributed by atoms with E-state index in [4.69, 9.17) is 4.74 Å². The molecule has 1 aliphatic heterocycles. The number of amides is 1. The highest BCUT2D eigenvalue weighted by molar-refractivity contribution is 9.10. The predicted molar refractivity (Wildman–Crippen MR) is 88.2 cm³/mol. The Morgan fingerprint density at radius 2 is 2.33 bits per heavy atom. The maximum Gasteiger partial charge on any atom is 0.262 e. The summed E-state index contributed by atoms with van der Waals surface area (Å²) >= 11 is 4.98. The Morgan fingerprint density at radius 3 is 3.14 bits per heavy atom. The maximum absolute atomic E-state index is 12.5. The lowest BCUT2D eigenvalue weighted by molar-refractivity contribution is 0.0928. The topological polar surface area (TPSA) is 38.3 Å². The molecule has 2 aromatic rings. The van der Waals surface area contributed by atoms with E-state index in [-0.39, 0.29) is 11.9 Å². The number of halogens is 1. The van der Waals surface area contributed by atoms with Gasteiger partial charge in [0, 0.05) is 16.5 Å². The summed E-state index contributed by atoms with van der Waals surface area (Å²) in [5.41, 5.74) is 2.15. The molecule has 0 saturated heterocycles. The van der Waals surface area contributed by atoms with Gasteiger partial charge in [-0.05, 0) is 41.6 Å². The van der Waals surface area contributed by atoms with Crippen molar-refractivity contribution in [3.8, 4) is 5.75 Å². The average Bonchev–Trinajstić information content (AvgIpc) is 2.96. The van der Waals surface area contributed by atoms with Crippen molar-refractivity contribution >= 4 is 33.2 Å². The minimum Gasteiger partial charge on any atom is -0.493 e. The first-order valence-corrected chi connectivity index (χ1v) is 8.65. The number of rotatable bonds is 3. The number of aryl methyl sites for hydroxylation is 1. The van der Waals surface area contributed by atoms with Crippen molar-refractivity contribution in [2.75, 3.05) is 6.61 Å². The standard InChI is InChI=1S/C16H16BrNO2S/c1-2-10-6-8-21-15(10)16(19)18-13-5-7-20-14-4-3-11(17)9-12(13)14/h3-4,6,8-9,13H,2,5,7H2,1H3,(H,18,19). The van der Waals surface area contributed by atoms with E-state index in [1.165, 1.54) is 11.3 Å². The first kappa shape index (κ1) is 14.6. The van der Waals surface area contributed by atoms with Crippen molar-refractivity contribution in [3.63, 3.8) is 0 Å². The van der Waals surface area contributed by atoms with Crippen LogP contribution in [0.4, 0.5) is 0 Å². The van der Waals surface area contributed by atoms with E-state index in [0.29, 0.717) is 6.61 Å². The number of carbonyl (C=O) groups excluding carboxylic acids is 1. The number of nitrogens with one attached hydrogen (secondary N) is 1. The lowest BCUT2D eigenvalue weighted by Crippen LogP contribution is -2.32. The number of carbonyl (C=O) groups is 1. The molecule has 1 aromatic carbocycles. The van der Waals surface area contributed by atoms with Gasteiger partial charge in [-0.1, -0.05) is 22.9 Å². The van der Waals surface area contributed by atoms with Crippen LogP contribution in [0.5, 0.6) is 5.75 Å². The fraction of sp³-hybridized carbons (Fsp3) is 0.312. The van der Waals surface area contributed by atoms with E-state index >= 15 is 0 Å². The fourth-order valence-electron chi connectivity index (χ4n) is 2.55. The minimum atomic E-state index is 0.00514. The smallest absolute Gasteiger partial charge is 0.262 e. The summed E-state index contributed by atoms with van der Waals surface area (Å²) < 4.78 is 6.65. The second kappa shape index (κ2) is 6.20. The lowest BCUT2D eigenvalue weighted by atomic mass is 10.0. The molecule has 1 unspecified atom stereocenters. The lowest BCUT2D eigenvalue weighted by Gasteiger charge is -2.27. The zero-order valence-electron chi connectivity index (χ0n) is 11.7. The molecule has 0 aliphatic carbocycles. The van der Waals surface area contributed by atoms with Crippen molar-refractivity contribution in [2.45, 2.75) is 25.8 Å². The van der Waals surface area contributed by atoms with Crippen molar-refractivity contribution in [1.82, 2.24) is 5.32 Å². The SMILES string of the molecule is CCc1ccsc1C(=O)NC1CCOc2ccc(Br)cc21. The van der Waals surface area contributed by atoms with Crippen LogP contribution in [0.15, 0.2) is 34.1 Å². The average molecular weight is 366 g/mol. The molecule has 1 aliphatic rings. The van der Waals surface area contributed by atoms with Gasteiger partial charge in [0.1, 0.15) is 5.75 Å². The summed E-state index contributed by atoms with van der Waals surface area (Å²) in [6.07, 6.45) is 1.67. The summed E-state index contributed by atoms with van der Waals surface area (Å²) in [6.45, 7) is 2.70. The maximum atomic E-state index is 12.5. The van der Waals surface area contributed by atoms with Crippen LogP contribution in [0.25, 0.3) is 0 Å². The molecule has 1 atom stereocenters. The van der Waals surface area contributed by atoms with E-state index in [0.717, 1.165) is 39.1 Å². The molecule has 3 nitrogen and oxygen atoms in total. The third kappa shape index (κ3) is 2.99. The van der Waals surface area contributed by atoms with Crippen molar-refractivity contribution < 1.29 is 9.53 Å². The van der Waals surface area contributed by atoms with Gasteiger partial charge in [0.05, 0.1) is 17.5 Å². The molecular weight excluding hydrogens is 350 g/mol. The van der Waals surface area contributed by atoms with E-state index in [1.807, 2.05) is 29.6 Å². The number of ether oxygens (including phenoxy) is 1.